The number of carbonyl (C=O) groups is 1. The third kappa shape index (κ3) is 3.09. The largest absolute Gasteiger partial charge is 0.481 e. The van der Waals surface area contributed by atoms with E-state index in [0.29, 0.717) is 16.6 Å². The van der Waals surface area contributed by atoms with Crippen molar-refractivity contribution < 1.29 is 9.53 Å². The minimum atomic E-state index is -0.267. The molecule has 0 fully saturated rings. The van der Waals surface area contributed by atoms with Gasteiger partial charge in [0.1, 0.15) is 5.69 Å². The molecule has 0 aliphatic carbocycles. The summed E-state index contributed by atoms with van der Waals surface area (Å²) >= 11 is 1.35. The zero-order valence-electron chi connectivity index (χ0n) is 11.7. The predicted octanol–water partition coefficient (Wildman–Crippen LogP) is 2.86. The van der Waals surface area contributed by atoms with E-state index in [9.17, 15) is 4.79 Å². The van der Waals surface area contributed by atoms with E-state index in [1.165, 1.54) is 24.6 Å². The van der Waals surface area contributed by atoms with E-state index in [1.807, 2.05) is 23.6 Å². The van der Waals surface area contributed by atoms with Crippen LogP contribution in [-0.2, 0) is 0 Å². The van der Waals surface area contributed by atoms with Crippen molar-refractivity contribution in [1.82, 2.24) is 15.0 Å². The van der Waals surface area contributed by atoms with E-state index in [1.54, 1.807) is 18.3 Å². The van der Waals surface area contributed by atoms with Crippen LogP contribution in [0, 0.1) is 0 Å². The standard InChI is InChI=1S/C15H12N4O2S/c1-21-13-6-5-10(8-17-13)14(20)19-15-18-12(9-22-15)11-4-2-3-7-16-11/h2-9H,1H3,(H,18,19,20). The molecule has 0 unspecified atom stereocenters. The molecule has 3 heterocycles. The lowest BCUT2D eigenvalue weighted by molar-refractivity contribution is 0.102. The number of hydrogen-bond acceptors (Lipinski definition) is 6. The molecule has 3 aromatic rings. The molecule has 3 rings (SSSR count). The van der Waals surface area contributed by atoms with Crippen LogP contribution in [0.25, 0.3) is 11.4 Å². The molecule has 0 atom stereocenters. The van der Waals surface area contributed by atoms with Crippen molar-refractivity contribution in [1.29, 1.82) is 0 Å². The van der Waals surface area contributed by atoms with Crippen molar-refractivity contribution in [2.75, 3.05) is 12.4 Å². The molecule has 22 heavy (non-hydrogen) atoms. The van der Waals surface area contributed by atoms with Crippen molar-refractivity contribution in [3.05, 3.63) is 53.7 Å². The van der Waals surface area contributed by atoms with Gasteiger partial charge < -0.3 is 4.74 Å². The van der Waals surface area contributed by atoms with Gasteiger partial charge in [-0.05, 0) is 18.2 Å². The number of thiazole rings is 1. The van der Waals surface area contributed by atoms with Gasteiger partial charge in [-0.2, -0.15) is 0 Å². The van der Waals surface area contributed by atoms with Crippen LogP contribution in [-0.4, -0.2) is 28.0 Å². The van der Waals surface area contributed by atoms with Gasteiger partial charge in [-0.25, -0.2) is 9.97 Å². The first-order valence-electron chi connectivity index (χ1n) is 6.44. The van der Waals surface area contributed by atoms with Gasteiger partial charge in [0.05, 0.1) is 18.4 Å². The number of rotatable bonds is 4. The molecule has 6 nitrogen and oxygen atoms in total. The first-order valence-corrected chi connectivity index (χ1v) is 7.32. The van der Waals surface area contributed by atoms with Crippen LogP contribution in [0.3, 0.4) is 0 Å². The molecule has 3 aromatic heterocycles. The summed E-state index contributed by atoms with van der Waals surface area (Å²) in [7, 11) is 1.52. The number of anilines is 1. The average molecular weight is 312 g/mol. The van der Waals surface area contributed by atoms with Gasteiger partial charge in [0.15, 0.2) is 5.13 Å². The van der Waals surface area contributed by atoms with Crippen LogP contribution in [0.4, 0.5) is 5.13 Å². The van der Waals surface area contributed by atoms with E-state index in [4.69, 9.17) is 4.74 Å². The first kappa shape index (κ1) is 14.2. The Morgan fingerprint density at radius 2 is 2.09 bits per heavy atom. The third-order valence-corrected chi connectivity index (χ3v) is 3.62. The van der Waals surface area contributed by atoms with Crippen molar-refractivity contribution in [3.63, 3.8) is 0 Å². The zero-order chi connectivity index (χ0) is 15.4. The van der Waals surface area contributed by atoms with Gasteiger partial charge in [0.25, 0.3) is 5.91 Å². The molecule has 0 bridgehead atoms. The number of nitrogens with zero attached hydrogens (tertiary/aromatic N) is 3. The van der Waals surface area contributed by atoms with E-state index in [0.717, 1.165) is 11.4 Å². The molecule has 0 aliphatic rings. The molecule has 0 saturated carbocycles. The molecular formula is C15H12N4O2S. The molecule has 110 valence electrons. The van der Waals surface area contributed by atoms with Crippen molar-refractivity contribution >= 4 is 22.4 Å². The van der Waals surface area contributed by atoms with E-state index < -0.39 is 0 Å². The second-order valence-corrected chi connectivity index (χ2v) is 5.15. The quantitative estimate of drug-likeness (QED) is 0.801. The highest BCUT2D eigenvalue weighted by atomic mass is 32.1. The highest BCUT2D eigenvalue weighted by Gasteiger charge is 2.11. The first-order chi connectivity index (χ1) is 10.8. The summed E-state index contributed by atoms with van der Waals surface area (Å²) in [5.41, 5.74) is 1.94. The number of hydrogen-bond donors (Lipinski definition) is 1. The molecular weight excluding hydrogens is 300 g/mol. The second kappa shape index (κ2) is 6.31. The Hall–Kier alpha value is -2.80. The highest BCUT2D eigenvalue weighted by Crippen LogP contribution is 2.23. The molecule has 0 saturated heterocycles. The fourth-order valence-electron chi connectivity index (χ4n) is 1.77. The summed E-state index contributed by atoms with van der Waals surface area (Å²) in [6.07, 6.45) is 3.16. The fraction of sp³-hybridized carbons (Fsp3) is 0.0667. The van der Waals surface area contributed by atoms with Gasteiger partial charge in [-0.3, -0.25) is 15.1 Å². The van der Waals surface area contributed by atoms with E-state index >= 15 is 0 Å². The van der Waals surface area contributed by atoms with Crippen LogP contribution in [0.5, 0.6) is 5.88 Å². The van der Waals surface area contributed by atoms with Crippen LogP contribution in [0.15, 0.2) is 48.1 Å². The lowest BCUT2D eigenvalue weighted by Gasteiger charge is -2.02. The number of ether oxygens (including phenoxy) is 1. The predicted molar refractivity (Wildman–Crippen MR) is 84.1 cm³/mol. The average Bonchev–Trinajstić information content (AvgIpc) is 3.04. The summed E-state index contributed by atoms with van der Waals surface area (Å²) in [6.45, 7) is 0. The SMILES string of the molecule is COc1ccc(C(=O)Nc2nc(-c3ccccn3)cs2)cn1. The Morgan fingerprint density at radius 1 is 1.18 bits per heavy atom. The Balaban J connectivity index is 1.73. The molecule has 1 N–H and O–H groups in total. The maximum Gasteiger partial charge on any atom is 0.259 e. The highest BCUT2D eigenvalue weighted by molar-refractivity contribution is 7.14. The van der Waals surface area contributed by atoms with Crippen molar-refractivity contribution in [2.45, 2.75) is 0 Å². The lowest BCUT2D eigenvalue weighted by Crippen LogP contribution is -2.12. The number of aromatic nitrogens is 3. The maximum absolute atomic E-state index is 12.1. The molecule has 0 aliphatic heterocycles. The molecule has 0 spiro atoms. The fourth-order valence-corrected chi connectivity index (χ4v) is 2.47. The second-order valence-electron chi connectivity index (χ2n) is 4.30. The van der Waals surface area contributed by atoms with E-state index in [-0.39, 0.29) is 5.91 Å². The molecule has 1 amide bonds. The van der Waals surface area contributed by atoms with Gasteiger partial charge in [-0.15, -0.1) is 11.3 Å². The number of nitrogens with one attached hydrogen (secondary N) is 1. The Kier molecular flexibility index (Phi) is 4.06. The normalized spacial score (nSPS) is 10.2. The zero-order valence-corrected chi connectivity index (χ0v) is 12.5. The number of pyridine rings is 2. The lowest BCUT2D eigenvalue weighted by atomic mass is 10.3. The minimum absolute atomic E-state index is 0.267. The Morgan fingerprint density at radius 3 is 2.77 bits per heavy atom. The van der Waals surface area contributed by atoms with Crippen molar-refractivity contribution in [3.8, 4) is 17.3 Å². The van der Waals surface area contributed by atoms with E-state index in [2.05, 4.69) is 20.3 Å². The molecule has 0 aromatic carbocycles. The summed E-state index contributed by atoms with van der Waals surface area (Å²) in [6, 6.07) is 8.89. The number of amides is 1. The smallest absolute Gasteiger partial charge is 0.259 e. The molecule has 7 heteroatoms. The van der Waals surface area contributed by atoms with Crippen LogP contribution in [0.1, 0.15) is 10.4 Å². The van der Waals surface area contributed by atoms with Gasteiger partial charge >= 0.3 is 0 Å². The van der Waals surface area contributed by atoms with Crippen molar-refractivity contribution in [2.24, 2.45) is 0 Å². The summed E-state index contributed by atoms with van der Waals surface area (Å²) < 4.78 is 4.96. The number of carbonyl (C=O) groups excluding carboxylic acids is 1. The summed E-state index contributed by atoms with van der Waals surface area (Å²) in [5, 5.41) is 5.11. The summed E-state index contributed by atoms with van der Waals surface area (Å²) in [4.78, 5) is 24.7. The maximum atomic E-state index is 12.1. The van der Waals surface area contributed by atoms with Crippen LogP contribution in [0.2, 0.25) is 0 Å². The van der Waals surface area contributed by atoms with Gasteiger partial charge in [-0.1, -0.05) is 6.07 Å². The van der Waals surface area contributed by atoms with Gasteiger partial charge in [0, 0.05) is 23.8 Å². The number of methoxy groups -OCH3 is 1. The third-order valence-electron chi connectivity index (χ3n) is 2.86. The monoisotopic (exact) mass is 312 g/mol. The summed E-state index contributed by atoms with van der Waals surface area (Å²) in [5.74, 6) is 0.195. The Labute approximate surface area is 130 Å². The van der Waals surface area contributed by atoms with Crippen LogP contribution >= 0.6 is 11.3 Å². The molecule has 0 radical (unpaired) electrons. The van der Waals surface area contributed by atoms with Gasteiger partial charge in [0.2, 0.25) is 5.88 Å². The minimum Gasteiger partial charge on any atom is -0.481 e. The van der Waals surface area contributed by atoms with Crippen LogP contribution < -0.4 is 10.1 Å². The topological polar surface area (TPSA) is 77.0 Å². The Bertz CT molecular complexity index is 772.